The number of hydrazone groups is 1. The summed E-state index contributed by atoms with van der Waals surface area (Å²) in [5.41, 5.74) is 3.46. The van der Waals surface area contributed by atoms with E-state index in [1.54, 1.807) is 13.0 Å². The fourth-order valence-electron chi connectivity index (χ4n) is 1.71. The lowest BCUT2D eigenvalue weighted by atomic mass is 10.1. The number of hydrogen-bond donors (Lipinski definition) is 1. The van der Waals surface area contributed by atoms with E-state index in [2.05, 4.69) is 10.5 Å². The molecule has 0 saturated heterocycles. The van der Waals surface area contributed by atoms with E-state index in [-0.39, 0.29) is 11.3 Å². The van der Waals surface area contributed by atoms with Crippen LogP contribution >= 0.6 is 0 Å². The summed E-state index contributed by atoms with van der Waals surface area (Å²) in [6, 6.07) is 10.9. The van der Waals surface area contributed by atoms with Gasteiger partial charge in [-0.3, -0.25) is 14.9 Å². The van der Waals surface area contributed by atoms with E-state index >= 15 is 0 Å². The molecule has 0 spiro atoms. The number of rotatable bonds is 4. The van der Waals surface area contributed by atoms with Crippen LogP contribution in [0.15, 0.2) is 53.6 Å². The van der Waals surface area contributed by atoms with Gasteiger partial charge in [-0.15, -0.1) is 0 Å². The second-order valence-corrected chi connectivity index (χ2v) is 4.45. The van der Waals surface area contributed by atoms with Gasteiger partial charge in [0.1, 0.15) is 5.82 Å². The molecule has 0 heterocycles. The Hall–Kier alpha value is -3.09. The van der Waals surface area contributed by atoms with E-state index in [1.165, 1.54) is 42.5 Å². The number of benzene rings is 2. The van der Waals surface area contributed by atoms with Crippen molar-refractivity contribution in [2.45, 2.75) is 6.92 Å². The molecule has 0 aromatic heterocycles. The number of amides is 1. The van der Waals surface area contributed by atoms with Crippen LogP contribution in [0.5, 0.6) is 0 Å². The molecule has 0 aliphatic rings. The molecule has 22 heavy (non-hydrogen) atoms. The van der Waals surface area contributed by atoms with E-state index in [0.29, 0.717) is 11.3 Å². The molecule has 0 aliphatic heterocycles. The Bertz CT molecular complexity index is 742. The van der Waals surface area contributed by atoms with Crippen LogP contribution in [-0.4, -0.2) is 16.5 Å². The molecule has 6 nitrogen and oxygen atoms in total. The Morgan fingerprint density at radius 3 is 2.50 bits per heavy atom. The smallest absolute Gasteiger partial charge is 0.267 e. The lowest BCUT2D eigenvalue weighted by molar-refractivity contribution is -0.384. The number of carbonyl (C=O) groups excluding carboxylic acids is 1. The maximum Gasteiger partial charge on any atom is 0.271 e. The van der Waals surface area contributed by atoms with Gasteiger partial charge in [-0.1, -0.05) is 12.1 Å². The van der Waals surface area contributed by atoms with Crippen molar-refractivity contribution in [1.29, 1.82) is 0 Å². The molecular weight excluding hydrogens is 289 g/mol. The van der Waals surface area contributed by atoms with Gasteiger partial charge in [0.05, 0.1) is 10.6 Å². The zero-order valence-corrected chi connectivity index (χ0v) is 11.6. The number of nitro benzene ring substituents is 1. The predicted molar refractivity (Wildman–Crippen MR) is 79.2 cm³/mol. The van der Waals surface area contributed by atoms with E-state index in [1.807, 2.05) is 0 Å². The maximum atomic E-state index is 12.8. The normalized spacial score (nSPS) is 11.1. The summed E-state index contributed by atoms with van der Waals surface area (Å²) >= 11 is 0. The van der Waals surface area contributed by atoms with Crippen molar-refractivity contribution in [3.8, 4) is 0 Å². The van der Waals surface area contributed by atoms with E-state index < -0.39 is 16.6 Å². The average Bonchev–Trinajstić information content (AvgIpc) is 2.53. The Labute approximate surface area is 125 Å². The quantitative estimate of drug-likeness (QED) is 0.535. The third kappa shape index (κ3) is 3.72. The first-order valence-electron chi connectivity index (χ1n) is 6.32. The molecule has 1 amide bonds. The molecule has 7 heteroatoms. The van der Waals surface area contributed by atoms with Gasteiger partial charge in [-0.2, -0.15) is 5.10 Å². The lowest BCUT2D eigenvalue weighted by Crippen LogP contribution is -2.19. The zero-order chi connectivity index (χ0) is 16.1. The van der Waals surface area contributed by atoms with Crippen LogP contribution in [-0.2, 0) is 0 Å². The van der Waals surface area contributed by atoms with Gasteiger partial charge in [0.25, 0.3) is 11.6 Å². The first kappa shape index (κ1) is 15.3. The fraction of sp³-hybridized carbons (Fsp3) is 0.0667. The minimum atomic E-state index is -0.506. The minimum absolute atomic E-state index is 0.0584. The van der Waals surface area contributed by atoms with Crippen LogP contribution in [0.2, 0.25) is 0 Å². The highest BCUT2D eigenvalue weighted by Gasteiger charge is 2.08. The monoisotopic (exact) mass is 301 g/mol. The standard InChI is InChI=1S/C15H12FN3O3/c1-10(12-3-2-4-14(9-12)19(21)22)17-18-15(20)11-5-7-13(16)8-6-11/h2-9H,1H3,(H,18,20). The molecule has 0 aliphatic carbocycles. The molecule has 0 fully saturated rings. The predicted octanol–water partition coefficient (Wildman–Crippen LogP) is 2.89. The van der Waals surface area contributed by atoms with Crippen molar-refractivity contribution < 1.29 is 14.1 Å². The summed E-state index contributed by atoms with van der Waals surface area (Å²) in [4.78, 5) is 22.0. The summed E-state index contributed by atoms with van der Waals surface area (Å²) in [5.74, 6) is -0.933. The van der Waals surface area contributed by atoms with E-state index in [4.69, 9.17) is 0 Å². The van der Waals surface area contributed by atoms with Crippen molar-refractivity contribution in [3.63, 3.8) is 0 Å². The van der Waals surface area contributed by atoms with Gasteiger partial charge in [0.15, 0.2) is 0 Å². The van der Waals surface area contributed by atoms with Crippen molar-refractivity contribution in [3.05, 3.63) is 75.6 Å². The summed E-state index contributed by atoms with van der Waals surface area (Å²) in [5, 5.41) is 14.6. The fourth-order valence-corrected chi connectivity index (χ4v) is 1.71. The molecule has 0 atom stereocenters. The summed E-state index contributed by atoms with van der Waals surface area (Å²) in [7, 11) is 0. The first-order valence-corrected chi connectivity index (χ1v) is 6.32. The number of hydrogen-bond acceptors (Lipinski definition) is 4. The lowest BCUT2D eigenvalue weighted by Gasteiger charge is -2.03. The number of non-ortho nitro benzene ring substituents is 1. The van der Waals surface area contributed by atoms with Crippen LogP contribution < -0.4 is 5.43 Å². The molecule has 2 rings (SSSR count). The Balaban J connectivity index is 2.12. The van der Waals surface area contributed by atoms with Gasteiger partial charge in [-0.05, 0) is 31.2 Å². The third-order valence-electron chi connectivity index (χ3n) is 2.91. The highest BCUT2D eigenvalue weighted by atomic mass is 19.1. The van der Waals surface area contributed by atoms with Gasteiger partial charge in [-0.25, -0.2) is 9.82 Å². The second-order valence-electron chi connectivity index (χ2n) is 4.45. The van der Waals surface area contributed by atoms with Crippen molar-refractivity contribution in [2.75, 3.05) is 0 Å². The van der Waals surface area contributed by atoms with Crippen molar-refractivity contribution >= 4 is 17.3 Å². The van der Waals surface area contributed by atoms with Crippen LogP contribution in [0.4, 0.5) is 10.1 Å². The maximum absolute atomic E-state index is 12.8. The van der Waals surface area contributed by atoms with Crippen molar-refractivity contribution in [1.82, 2.24) is 5.43 Å². The third-order valence-corrected chi connectivity index (χ3v) is 2.91. The first-order chi connectivity index (χ1) is 10.5. The molecule has 0 radical (unpaired) electrons. The molecule has 0 unspecified atom stereocenters. The number of carbonyl (C=O) groups is 1. The van der Waals surface area contributed by atoms with Crippen molar-refractivity contribution in [2.24, 2.45) is 5.10 Å². The summed E-state index contributed by atoms with van der Waals surface area (Å²) in [6.07, 6.45) is 0. The van der Waals surface area contributed by atoms with E-state index in [0.717, 1.165) is 0 Å². The average molecular weight is 301 g/mol. The summed E-state index contributed by atoms with van der Waals surface area (Å²) in [6.45, 7) is 1.62. The van der Waals surface area contributed by atoms with Gasteiger partial charge in [0, 0.05) is 23.3 Å². The number of nitrogens with zero attached hydrogens (tertiary/aromatic N) is 2. The van der Waals surface area contributed by atoms with Crippen LogP contribution in [0, 0.1) is 15.9 Å². The molecule has 112 valence electrons. The second kappa shape index (κ2) is 6.57. The largest absolute Gasteiger partial charge is 0.271 e. The molecule has 2 aromatic rings. The highest BCUT2D eigenvalue weighted by Crippen LogP contribution is 2.13. The molecule has 1 N–H and O–H groups in total. The molecule has 2 aromatic carbocycles. The van der Waals surface area contributed by atoms with Crippen LogP contribution in [0.25, 0.3) is 0 Å². The molecular formula is C15H12FN3O3. The topological polar surface area (TPSA) is 84.6 Å². The molecule has 0 bridgehead atoms. The number of halogens is 1. The van der Waals surface area contributed by atoms with Crippen LogP contribution in [0.3, 0.4) is 0 Å². The molecule has 0 saturated carbocycles. The minimum Gasteiger partial charge on any atom is -0.267 e. The van der Waals surface area contributed by atoms with Gasteiger partial charge in [0.2, 0.25) is 0 Å². The summed E-state index contributed by atoms with van der Waals surface area (Å²) < 4.78 is 12.8. The Kier molecular flexibility index (Phi) is 4.57. The number of nitro groups is 1. The SMILES string of the molecule is CC(=NNC(=O)c1ccc(F)cc1)c1cccc([N+](=O)[O-])c1. The van der Waals surface area contributed by atoms with Gasteiger partial charge >= 0.3 is 0 Å². The zero-order valence-electron chi connectivity index (χ0n) is 11.6. The Morgan fingerprint density at radius 2 is 1.86 bits per heavy atom. The van der Waals surface area contributed by atoms with E-state index in [9.17, 15) is 19.3 Å². The van der Waals surface area contributed by atoms with Crippen LogP contribution in [0.1, 0.15) is 22.8 Å². The highest BCUT2D eigenvalue weighted by molar-refractivity contribution is 6.01. The van der Waals surface area contributed by atoms with Gasteiger partial charge < -0.3 is 0 Å². The Morgan fingerprint density at radius 1 is 1.18 bits per heavy atom. The number of nitrogens with one attached hydrogen (secondary N) is 1.